The maximum atomic E-state index is 10.7. The largest absolute Gasteiger partial charge is 0.481 e. The fourth-order valence-electron chi connectivity index (χ4n) is 1.53. The summed E-state index contributed by atoms with van der Waals surface area (Å²) < 4.78 is 23.7. The lowest BCUT2D eigenvalue weighted by atomic mass is 9.79. The van der Waals surface area contributed by atoms with Gasteiger partial charge in [-0.15, -0.1) is 0 Å². The van der Waals surface area contributed by atoms with Crippen molar-refractivity contribution in [2.24, 2.45) is 5.92 Å². The van der Waals surface area contributed by atoms with Crippen LogP contribution >= 0.6 is 0 Å². The fraction of sp³-hybridized carbons (Fsp3) is 0.875. The fourth-order valence-corrected chi connectivity index (χ4v) is 2.01. The van der Waals surface area contributed by atoms with Crippen molar-refractivity contribution in [2.75, 3.05) is 19.3 Å². The maximum Gasteiger partial charge on any atom is 0.308 e. The van der Waals surface area contributed by atoms with Crippen LogP contribution in [0.2, 0.25) is 0 Å². The molecule has 0 aromatic rings. The van der Waals surface area contributed by atoms with Crippen molar-refractivity contribution in [3.05, 3.63) is 0 Å². The van der Waals surface area contributed by atoms with E-state index in [1.165, 1.54) is 0 Å². The van der Waals surface area contributed by atoms with Crippen molar-refractivity contribution in [3.63, 3.8) is 0 Å². The van der Waals surface area contributed by atoms with Crippen molar-refractivity contribution in [3.8, 4) is 0 Å². The summed E-state index contributed by atoms with van der Waals surface area (Å²) in [4.78, 5) is 10.6. The van der Waals surface area contributed by atoms with E-state index < -0.39 is 16.0 Å². The van der Waals surface area contributed by atoms with E-state index in [1.54, 1.807) is 0 Å². The van der Waals surface area contributed by atoms with E-state index in [0.717, 1.165) is 12.7 Å². The van der Waals surface area contributed by atoms with Crippen LogP contribution in [0.1, 0.15) is 12.8 Å². The number of nitrogens with one attached hydrogen (secondary N) is 2. The quantitative estimate of drug-likeness (QED) is 0.513. The van der Waals surface area contributed by atoms with Gasteiger partial charge in [0.25, 0.3) is 0 Å². The molecule has 1 fully saturated rings. The molecule has 2 unspecified atom stereocenters. The van der Waals surface area contributed by atoms with Crippen LogP contribution in [0, 0.1) is 5.92 Å². The van der Waals surface area contributed by atoms with Gasteiger partial charge in [-0.3, -0.25) is 4.79 Å². The van der Waals surface area contributed by atoms with Crippen LogP contribution < -0.4 is 10.0 Å². The maximum absolute atomic E-state index is 10.7. The van der Waals surface area contributed by atoms with E-state index in [-0.39, 0.29) is 12.0 Å². The molecule has 0 aromatic heterocycles. The lowest BCUT2D eigenvalue weighted by Crippen LogP contribution is -2.49. The molecule has 15 heavy (non-hydrogen) atoms. The topological polar surface area (TPSA) is 95.5 Å². The number of aliphatic carboxylic acids is 1. The molecule has 0 bridgehead atoms. The van der Waals surface area contributed by atoms with Gasteiger partial charge in [-0.05, 0) is 12.8 Å². The summed E-state index contributed by atoms with van der Waals surface area (Å²) in [6.45, 7) is 0.753. The standard InChI is InChI=1S/C8H16N2O4S/c1-15(13,14)10-5-4-9-7-3-2-6(7)8(11)12/h6-7,9-10H,2-5H2,1H3,(H,11,12). The van der Waals surface area contributed by atoms with Crippen LogP contribution in [0.4, 0.5) is 0 Å². The molecule has 0 saturated heterocycles. The molecule has 7 heteroatoms. The highest BCUT2D eigenvalue weighted by molar-refractivity contribution is 7.88. The second-order valence-electron chi connectivity index (χ2n) is 3.75. The normalized spacial score (nSPS) is 25.9. The van der Waals surface area contributed by atoms with Gasteiger partial charge in [-0.1, -0.05) is 0 Å². The van der Waals surface area contributed by atoms with Gasteiger partial charge in [0.2, 0.25) is 10.0 Å². The van der Waals surface area contributed by atoms with Crippen molar-refractivity contribution < 1.29 is 18.3 Å². The van der Waals surface area contributed by atoms with Crippen molar-refractivity contribution in [1.29, 1.82) is 0 Å². The predicted molar refractivity (Wildman–Crippen MR) is 55.0 cm³/mol. The highest BCUT2D eigenvalue weighted by atomic mass is 32.2. The molecule has 0 aliphatic heterocycles. The number of hydrogen-bond acceptors (Lipinski definition) is 4. The number of hydrogen-bond donors (Lipinski definition) is 3. The third-order valence-corrected chi connectivity index (χ3v) is 3.22. The lowest BCUT2D eigenvalue weighted by molar-refractivity contribution is -0.146. The predicted octanol–water partition coefficient (Wildman–Crippen LogP) is -1.01. The van der Waals surface area contributed by atoms with Crippen LogP contribution in [0.5, 0.6) is 0 Å². The molecule has 0 radical (unpaired) electrons. The number of rotatable bonds is 6. The van der Waals surface area contributed by atoms with Crippen LogP contribution in [-0.2, 0) is 14.8 Å². The molecule has 6 nitrogen and oxygen atoms in total. The van der Waals surface area contributed by atoms with Gasteiger partial charge >= 0.3 is 5.97 Å². The minimum atomic E-state index is -3.15. The molecule has 0 heterocycles. The summed E-state index contributed by atoms with van der Waals surface area (Å²) in [7, 11) is -3.15. The Morgan fingerprint density at radius 1 is 1.40 bits per heavy atom. The molecule has 0 spiro atoms. The molecular weight excluding hydrogens is 220 g/mol. The van der Waals surface area contributed by atoms with E-state index in [0.29, 0.717) is 19.5 Å². The van der Waals surface area contributed by atoms with Gasteiger partial charge in [-0.2, -0.15) is 0 Å². The Labute approximate surface area is 89.1 Å². The van der Waals surface area contributed by atoms with Crippen molar-refractivity contribution in [2.45, 2.75) is 18.9 Å². The van der Waals surface area contributed by atoms with Crippen molar-refractivity contribution >= 4 is 16.0 Å². The summed E-state index contributed by atoms with van der Waals surface area (Å²) in [5, 5.41) is 11.8. The third-order valence-electron chi connectivity index (χ3n) is 2.49. The van der Waals surface area contributed by atoms with Crippen molar-refractivity contribution in [1.82, 2.24) is 10.0 Å². The number of carboxylic acids is 1. The minimum absolute atomic E-state index is 0.0103. The van der Waals surface area contributed by atoms with Gasteiger partial charge in [0.15, 0.2) is 0 Å². The summed E-state index contributed by atoms with van der Waals surface area (Å²) in [5.74, 6) is -1.10. The van der Waals surface area contributed by atoms with E-state index in [9.17, 15) is 13.2 Å². The van der Waals surface area contributed by atoms with Crippen LogP contribution in [0.25, 0.3) is 0 Å². The molecule has 3 N–H and O–H groups in total. The molecule has 88 valence electrons. The van der Waals surface area contributed by atoms with Crippen LogP contribution in [0.3, 0.4) is 0 Å². The highest BCUT2D eigenvalue weighted by Crippen LogP contribution is 2.27. The summed E-state index contributed by atoms with van der Waals surface area (Å²) in [6, 6.07) is -0.0103. The lowest BCUT2D eigenvalue weighted by Gasteiger charge is -2.34. The zero-order chi connectivity index (χ0) is 11.5. The SMILES string of the molecule is CS(=O)(=O)NCCNC1CCC1C(=O)O. The van der Waals surface area contributed by atoms with E-state index in [4.69, 9.17) is 5.11 Å². The Bertz CT molecular complexity index is 328. The Hall–Kier alpha value is -0.660. The summed E-state index contributed by atoms with van der Waals surface area (Å²) >= 11 is 0. The smallest absolute Gasteiger partial charge is 0.308 e. The summed E-state index contributed by atoms with van der Waals surface area (Å²) in [6.07, 6.45) is 2.64. The van der Waals surface area contributed by atoms with E-state index in [2.05, 4.69) is 10.0 Å². The van der Waals surface area contributed by atoms with Gasteiger partial charge < -0.3 is 10.4 Å². The molecule has 0 aromatic carbocycles. The van der Waals surface area contributed by atoms with Gasteiger partial charge in [0.1, 0.15) is 0 Å². The Kier molecular flexibility index (Phi) is 4.06. The average molecular weight is 236 g/mol. The first kappa shape index (κ1) is 12.4. The monoisotopic (exact) mass is 236 g/mol. The average Bonchev–Trinajstić information content (AvgIpc) is 1.98. The molecular formula is C8H16N2O4S. The molecule has 1 aliphatic rings. The molecule has 2 atom stereocenters. The third kappa shape index (κ3) is 4.15. The molecule has 1 aliphatic carbocycles. The number of sulfonamides is 1. The van der Waals surface area contributed by atoms with Gasteiger partial charge in [0.05, 0.1) is 12.2 Å². The molecule has 1 rings (SSSR count). The number of carbonyl (C=O) groups is 1. The zero-order valence-corrected chi connectivity index (χ0v) is 9.38. The molecule has 1 saturated carbocycles. The second-order valence-corrected chi connectivity index (χ2v) is 5.58. The van der Waals surface area contributed by atoms with E-state index in [1.807, 2.05) is 0 Å². The Morgan fingerprint density at radius 3 is 2.47 bits per heavy atom. The first-order valence-electron chi connectivity index (χ1n) is 4.81. The van der Waals surface area contributed by atoms with Gasteiger partial charge in [0, 0.05) is 19.1 Å². The highest BCUT2D eigenvalue weighted by Gasteiger charge is 2.35. The molecule has 0 amide bonds. The second kappa shape index (κ2) is 4.91. The Balaban J connectivity index is 2.14. The van der Waals surface area contributed by atoms with Gasteiger partial charge in [-0.25, -0.2) is 13.1 Å². The van der Waals surface area contributed by atoms with Crippen LogP contribution in [0.15, 0.2) is 0 Å². The first-order valence-corrected chi connectivity index (χ1v) is 6.70. The Morgan fingerprint density at radius 2 is 2.07 bits per heavy atom. The van der Waals surface area contributed by atoms with Crippen LogP contribution in [-0.4, -0.2) is 44.9 Å². The summed E-state index contributed by atoms with van der Waals surface area (Å²) in [5.41, 5.74) is 0. The number of carboxylic acid groups (broad SMARTS) is 1. The zero-order valence-electron chi connectivity index (χ0n) is 8.56. The van der Waals surface area contributed by atoms with E-state index >= 15 is 0 Å². The first-order chi connectivity index (χ1) is 6.90. The minimum Gasteiger partial charge on any atom is -0.481 e.